The SMILES string of the molecule is CNC(C)c1ccc(OCc2c(C)nn(C)c2Cl)cc1F. The minimum absolute atomic E-state index is 0.0472. The summed E-state index contributed by atoms with van der Waals surface area (Å²) in [5.41, 5.74) is 2.23. The van der Waals surface area contributed by atoms with Crippen LogP contribution in [0.4, 0.5) is 4.39 Å². The number of rotatable bonds is 5. The fourth-order valence-corrected chi connectivity index (χ4v) is 2.33. The Morgan fingerprint density at radius 3 is 2.71 bits per heavy atom. The van der Waals surface area contributed by atoms with Crippen LogP contribution in [0.15, 0.2) is 18.2 Å². The molecule has 6 heteroatoms. The van der Waals surface area contributed by atoms with Crippen LogP contribution < -0.4 is 10.1 Å². The van der Waals surface area contributed by atoms with Crippen LogP contribution in [0, 0.1) is 12.7 Å². The molecule has 0 aliphatic rings. The molecule has 0 saturated heterocycles. The smallest absolute Gasteiger partial charge is 0.133 e. The number of nitrogens with one attached hydrogen (secondary N) is 1. The van der Waals surface area contributed by atoms with E-state index in [9.17, 15) is 4.39 Å². The van der Waals surface area contributed by atoms with Crippen molar-refractivity contribution in [3.8, 4) is 5.75 Å². The molecule has 0 aliphatic heterocycles. The van der Waals surface area contributed by atoms with E-state index in [1.807, 2.05) is 13.8 Å². The Labute approximate surface area is 128 Å². The number of nitrogens with zero attached hydrogens (tertiary/aromatic N) is 2. The van der Waals surface area contributed by atoms with Gasteiger partial charge in [-0.3, -0.25) is 4.68 Å². The molecule has 21 heavy (non-hydrogen) atoms. The number of hydrogen-bond acceptors (Lipinski definition) is 3. The van der Waals surface area contributed by atoms with E-state index in [0.29, 0.717) is 16.5 Å². The van der Waals surface area contributed by atoms with Crippen molar-refractivity contribution in [3.63, 3.8) is 0 Å². The second kappa shape index (κ2) is 6.45. The molecule has 1 aromatic carbocycles. The molecule has 0 spiro atoms. The summed E-state index contributed by atoms with van der Waals surface area (Å²) < 4.78 is 21.2. The topological polar surface area (TPSA) is 39.1 Å². The lowest BCUT2D eigenvalue weighted by atomic mass is 10.1. The van der Waals surface area contributed by atoms with Crippen molar-refractivity contribution in [1.82, 2.24) is 15.1 Å². The first-order chi connectivity index (χ1) is 9.93. The van der Waals surface area contributed by atoms with Gasteiger partial charge in [0.05, 0.1) is 5.69 Å². The van der Waals surface area contributed by atoms with Crippen LogP contribution in [0.1, 0.15) is 29.8 Å². The van der Waals surface area contributed by atoms with Gasteiger partial charge in [0, 0.05) is 30.3 Å². The van der Waals surface area contributed by atoms with Gasteiger partial charge in [-0.1, -0.05) is 17.7 Å². The summed E-state index contributed by atoms with van der Waals surface area (Å²) in [5.74, 6) is 0.183. The van der Waals surface area contributed by atoms with E-state index < -0.39 is 0 Å². The third-order valence-electron chi connectivity index (χ3n) is 3.52. The van der Waals surface area contributed by atoms with E-state index in [4.69, 9.17) is 16.3 Å². The third-order valence-corrected chi connectivity index (χ3v) is 4.00. The average Bonchev–Trinajstić information content (AvgIpc) is 2.69. The minimum Gasteiger partial charge on any atom is -0.489 e. The maximum absolute atomic E-state index is 14.0. The van der Waals surface area contributed by atoms with Crippen LogP contribution in [0.5, 0.6) is 5.75 Å². The van der Waals surface area contributed by atoms with Gasteiger partial charge in [-0.05, 0) is 27.0 Å². The second-order valence-electron chi connectivity index (χ2n) is 4.96. The van der Waals surface area contributed by atoms with Crippen molar-refractivity contribution in [2.75, 3.05) is 7.05 Å². The molecule has 1 unspecified atom stereocenters. The first-order valence-electron chi connectivity index (χ1n) is 6.71. The molecule has 0 radical (unpaired) electrons. The molecule has 0 bridgehead atoms. The van der Waals surface area contributed by atoms with Crippen LogP contribution in [0.25, 0.3) is 0 Å². The normalized spacial score (nSPS) is 12.5. The minimum atomic E-state index is -0.289. The van der Waals surface area contributed by atoms with E-state index in [0.717, 1.165) is 11.3 Å². The molecular weight excluding hydrogens is 293 g/mol. The summed E-state index contributed by atoms with van der Waals surface area (Å²) in [6.45, 7) is 4.03. The summed E-state index contributed by atoms with van der Waals surface area (Å²) in [5, 5.41) is 7.75. The van der Waals surface area contributed by atoms with Gasteiger partial charge in [0.1, 0.15) is 23.3 Å². The molecule has 0 amide bonds. The molecule has 0 fully saturated rings. The van der Waals surface area contributed by atoms with Gasteiger partial charge < -0.3 is 10.1 Å². The Kier molecular flexibility index (Phi) is 4.85. The molecule has 1 heterocycles. The zero-order chi connectivity index (χ0) is 15.6. The fraction of sp³-hybridized carbons (Fsp3) is 0.400. The predicted octanol–water partition coefficient (Wildman–Crippen LogP) is 3.38. The Morgan fingerprint density at radius 2 is 2.19 bits per heavy atom. The molecule has 4 nitrogen and oxygen atoms in total. The summed E-state index contributed by atoms with van der Waals surface area (Å²) in [4.78, 5) is 0. The van der Waals surface area contributed by atoms with Gasteiger partial charge in [0.25, 0.3) is 0 Å². The summed E-state index contributed by atoms with van der Waals surface area (Å²) in [7, 11) is 3.56. The predicted molar refractivity (Wildman–Crippen MR) is 81.2 cm³/mol. The largest absolute Gasteiger partial charge is 0.489 e. The molecule has 1 atom stereocenters. The Bertz CT molecular complexity index is 642. The number of benzene rings is 1. The monoisotopic (exact) mass is 311 g/mol. The van der Waals surface area contributed by atoms with Gasteiger partial charge in [-0.2, -0.15) is 5.10 Å². The van der Waals surface area contributed by atoms with Crippen molar-refractivity contribution in [1.29, 1.82) is 0 Å². The van der Waals surface area contributed by atoms with E-state index in [1.165, 1.54) is 6.07 Å². The Balaban J connectivity index is 2.12. The highest BCUT2D eigenvalue weighted by atomic mass is 35.5. The lowest BCUT2D eigenvalue weighted by molar-refractivity contribution is 0.303. The molecule has 2 aromatic rings. The van der Waals surface area contributed by atoms with Crippen LogP contribution in [0.2, 0.25) is 5.15 Å². The van der Waals surface area contributed by atoms with E-state index in [2.05, 4.69) is 10.4 Å². The van der Waals surface area contributed by atoms with E-state index >= 15 is 0 Å². The molecule has 0 saturated carbocycles. The first kappa shape index (κ1) is 15.8. The van der Waals surface area contributed by atoms with Crippen molar-refractivity contribution >= 4 is 11.6 Å². The highest BCUT2D eigenvalue weighted by molar-refractivity contribution is 6.30. The molecule has 1 aromatic heterocycles. The number of aromatic nitrogens is 2. The Hall–Kier alpha value is -1.59. The van der Waals surface area contributed by atoms with E-state index in [1.54, 1.807) is 30.9 Å². The van der Waals surface area contributed by atoms with Crippen molar-refractivity contribution in [2.45, 2.75) is 26.5 Å². The van der Waals surface area contributed by atoms with Crippen molar-refractivity contribution < 1.29 is 9.13 Å². The maximum atomic E-state index is 14.0. The van der Waals surface area contributed by atoms with Gasteiger partial charge in [0.2, 0.25) is 0 Å². The Morgan fingerprint density at radius 1 is 1.48 bits per heavy atom. The number of ether oxygens (including phenoxy) is 1. The standard InChI is InChI=1S/C15H19ClFN3O/c1-9(18-3)12-6-5-11(7-14(12)17)21-8-13-10(2)19-20(4)15(13)16/h5-7,9,18H,8H2,1-4H3. The summed E-state index contributed by atoms with van der Waals surface area (Å²) in [6.07, 6.45) is 0. The zero-order valence-electron chi connectivity index (χ0n) is 12.6. The average molecular weight is 312 g/mol. The third kappa shape index (κ3) is 3.36. The van der Waals surface area contributed by atoms with Crippen LogP contribution in [-0.2, 0) is 13.7 Å². The lowest BCUT2D eigenvalue weighted by Crippen LogP contribution is -2.13. The number of aryl methyl sites for hydroxylation is 2. The van der Waals surface area contributed by atoms with Gasteiger partial charge in [-0.15, -0.1) is 0 Å². The van der Waals surface area contributed by atoms with Crippen molar-refractivity contribution in [2.24, 2.45) is 7.05 Å². The molecular formula is C15H19ClFN3O. The number of hydrogen-bond donors (Lipinski definition) is 1. The molecule has 1 N–H and O–H groups in total. The first-order valence-corrected chi connectivity index (χ1v) is 7.09. The maximum Gasteiger partial charge on any atom is 0.133 e. The van der Waals surface area contributed by atoms with Gasteiger partial charge >= 0.3 is 0 Å². The van der Waals surface area contributed by atoms with Crippen molar-refractivity contribution in [3.05, 3.63) is 46.0 Å². The number of halogens is 2. The highest BCUT2D eigenvalue weighted by Gasteiger charge is 2.13. The van der Waals surface area contributed by atoms with Gasteiger partial charge in [0.15, 0.2) is 0 Å². The van der Waals surface area contributed by atoms with E-state index in [-0.39, 0.29) is 18.5 Å². The molecule has 2 rings (SSSR count). The summed E-state index contributed by atoms with van der Waals surface area (Å²) in [6, 6.07) is 4.83. The van der Waals surface area contributed by atoms with Gasteiger partial charge in [-0.25, -0.2) is 4.39 Å². The molecule has 0 aliphatic carbocycles. The summed E-state index contributed by atoms with van der Waals surface area (Å²) >= 11 is 6.14. The lowest BCUT2D eigenvalue weighted by Gasteiger charge is -2.13. The van der Waals surface area contributed by atoms with Crippen LogP contribution in [-0.4, -0.2) is 16.8 Å². The highest BCUT2D eigenvalue weighted by Crippen LogP contribution is 2.24. The molecule has 114 valence electrons. The van der Waals surface area contributed by atoms with Crippen LogP contribution >= 0.6 is 11.6 Å². The fourth-order valence-electron chi connectivity index (χ4n) is 2.10. The second-order valence-corrected chi connectivity index (χ2v) is 5.32. The van der Waals surface area contributed by atoms with Crippen LogP contribution in [0.3, 0.4) is 0 Å². The quantitative estimate of drug-likeness (QED) is 0.920. The zero-order valence-corrected chi connectivity index (χ0v) is 13.3.